The number of halogens is 2. The van der Waals surface area contributed by atoms with Crippen LogP contribution in [-0.2, 0) is 0 Å². The zero-order valence-corrected chi connectivity index (χ0v) is 13.9. The predicted molar refractivity (Wildman–Crippen MR) is 91.4 cm³/mol. The molecule has 106 valence electrons. The van der Waals surface area contributed by atoms with E-state index in [0.29, 0.717) is 5.92 Å². The topological polar surface area (TPSA) is 12.0 Å². The van der Waals surface area contributed by atoms with Crippen molar-refractivity contribution in [2.24, 2.45) is 5.92 Å². The summed E-state index contributed by atoms with van der Waals surface area (Å²) in [5.74, 6) is 0.394. The molecule has 0 bridgehead atoms. The van der Waals surface area contributed by atoms with Gasteiger partial charge in [0.2, 0.25) is 0 Å². The molecular formula is C17H19FIN. The van der Waals surface area contributed by atoms with Crippen LogP contribution in [0.4, 0.5) is 10.1 Å². The summed E-state index contributed by atoms with van der Waals surface area (Å²) in [5.41, 5.74) is 2.25. The lowest BCUT2D eigenvalue weighted by Gasteiger charge is -2.23. The summed E-state index contributed by atoms with van der Waals surface area (Å²) in [7, 11) is 0. The second-order valence-corrected chi connectivity index (χ2v) is 6.52. The zero-order valence-electron chi connectivity index (χ0n) is 11.7. The number of hydrogen-bond donors (Lipinski definition) is 1. The van der Waals surface area contributed by atoms with Crippen LogP contribution in [-0.4, -0.2) is 0 Å². The van der Waals surface area contributed by atoms with Crippen LogP contribution in [0.2, 0.25) is 0 Å². The third kappa shape index (κ3) is 4.20. The molecule has 0 fully saturated rings. The van der Waals surface area contributed by atoms with Crippen molar-refractivity contribution in [3.8, 4) is 0 Å². The van der Waals surface area contributed by atoms with Crippen LogP contribution in [0.15, 0.2) is 48.5 Å². The van der Waals surface area contributed by atoms with E-state index in [9.17, 15) is 4.39 Å². The first-order valence-electron chi connectivity index (χ1n) is 6.83. The SMILES string of the molecule is CC(C)CC(Nc1ccc(F)cc1I)c1ccccc1. The van der Waals surface area contributed by atoms with Gasteiger partial charge in [-0.25, -0.2) is 4.39 Å². The molecule has 3 heteroatoms. The fourth-order valence-corrected chi connectivity index (χ4v) is 2.86. The monoisotopic (exact) mass is 383 g/mol. The van der Waals surface area contributed by atoms with Crippen LogP contribution in [0.25, 0.3) is 0 Å². The van der Waals surface area contributed by atoms with Crippen molar-refractivity contribution in [1.82, 2.24) is 0 Å². The number of rotatable bonds is 5. The standard InChI is InChI=1S/C17H19FIN/c1-12(2)10-17(13-6-4-3-5-7-13)20-16-9-8-14(18)11-15(16)19/h3-9,11-12,17,20H,10H2,1-2H3. The van der Waals surface area contributed by atoms with E-state index in [0.717, 1.165) is 15.7 Å². The molecule has 1 atom stereocenters. The highest BCUT2D eigenvalue weighted by Crippen LogP contribution is 2.28. The van der Waals surface area contributed by atoms with Crippen molar-refractivity contribution < 1.29 is 4.39 Å². The smallest absolute Gasteiger partial charge is 0.124 e. The van der Waals surface area contributed by atoms with Gasteiger partial charge in [0.25, 0.3) is 0 Å². The molecule has 0 amide bonds. The minimum Gasteiger partial charge on any atom is -0.377 e. The number of anilines is 1. The Labute approximate surface area is 133 Å². The lowest BCUT2D eigenvalue weighted by molar-refractivity contribution is 0.530. The number of nitrogens with one attached hydrogen (secondary N) is 1. The second-order valence-electron chi connectivity index (χ2n) is 5.36. The van der Waals surface area contributed by atoms with Crippen molar-refractivity contribution >= 4 is 28.3 Å². The van der Waals surface area contributed by atoms with Gasteiger partial charge in [0, 0.05) is 9.26 Å². The summed E-state index contributed by atoms with van der Waals surface area (Å²) in [6.45, 7) is 4.43. The van der Waals surface area contributed by atoms with E-state index in [2.05, 4.69) is 66.0 Å². The molecule has 2 aromatic rings. The molecule has 0 spiro atoms. The Morgan fingerprint density at radius 2 is 1.80 bits per heavy atom. The highest BCUT2D eigenvalue weighted by molar-refractivity contribution is 14.1. The average molecular weight is 383 g/mol. The maximum absolute atomic E-state index is 13.2. The fourth-order valence-electron chi connectivity index (χ4n) is 2.23. The Morgan fingerprint density at radius 1 is 1.10 bits per heavy atom. The Kier molecular flexibility index (Phi) is 5.40. The first-order chi connectivity index (χ1) is 9.56. The molecule has 1 N–H and O–H groups in total. The van der Waals surface area contributed by atoms with Gasteiger partial charge in [0.1, 0.15) is 5.82 Å². The first kappa shape index (κ1) is 15.3. The minimum atomic E-state index is -0.194. The van der Waals surface area contributed by atoms with E-state index in [1.807, 2.05) is 12.1 Å². The van der Waals surface area contributed by atoms with Crippen LogP contribution in [0, 0.1) is 15.3 Å². The largest absolute Gasteiger partial charge is 0.377 e. The van der Waals surface area contributed by atoms with Gasteiger partial charge in [-0.15, -0.1) is 0 Å². The third-order valence-corrected chi connectivity index (χ3v) is 4.06. The van der Waals surface area contributed by atoms with E-state index >= 15 is 0 Å². The van der Waals surface area contributed by atoms with Crippen molar-refractivity contribution in [3.05, 3.63) is 63.5 Å². The van der Waals surface area contributed by atoms with Gasteiger partial charge in [0.05, 0.1) is 6.04 Å². The van der Waals surface area contributed by atoms with Gasteiger partial charge in [-0.1, -0.05) is 44.2 Å². The molecule has 0 aliphatic carbocycles. The molecule has 0 heterocycles. The maximum Gasteiger partial charge on any atom is 0.124 e. The molecule has 2 aromatic carbocycles. The van der Waals surface area contributed by atoms with E-state index in [-0.39, 0.29) is 11.9 Å². The Bertz CT molecular complexity index is 554. The summed E-state index contributed by atoms with van der Waals surface area (Å²) in [6, 6.07) is 15.5. The second kappa shape index (κ2) is 7.07. The molecule has 0 aromatic heterocycles. The summed E-state index contributed by atoms with van der Waals surface area (Å²) < 4.78 is 14.1. The Balaban J connectivity index is 2.24. The summed E-state index contributed by atoms with van der Waals surface area (Å²) in [6.07, 6.45) is 1.04. The zero-order chi connectivity index (χ0) is 14.5. The van der Waals surface area contributed by atoms with Crippen LogP contribution in [0.3, 0.4) is 0 Å². The van der Waals surface area contributed by atoms with Crippen molar-refractivity contribution in [2.75, 3.05) is 5.32 Å². The van der Waals surface area contributed by atoms with Gasteiger partial charge in [-0.3, -0.25) is 0 Å². The molecule has 2 rings (SSSR count). The van der Waals surface area contributed by atoms with Crippen molar-refractivity contribution in [2.45, 2.75) is 26.3 Å². The molecule has 0 saturated heterocycles. The number of benzene rings is 2. The Morgan fingerprint density at radius 3 is 2.40 bits per heavy atom. The van der Waals surface area contributed by atoms with Gasteiger partial charge in [-0.2, -0.15) is 0 Å². The normalized spacial score (nSPS) is 12.4. The minimum absolute atomic E-state index is 0.194. The van der Waals surface area contributed by atoms with E-state index in [1.165, 1.54) is 11.6 Å². The molecule has 0 saturated carbocycles. The van der Waals surface area contributed by atoms with Crippen molar-refractivity contribution in [3.63, 3.8) is 0 Å². The first-order valence-corrected chi connectivity index (χ1v) is 7.90. The molecule has 0 radical (unpaired) electrons. The summed E-state index contributed by atoms with van der Waals surface area (Å²) in [5, 5.41) is 3.55. The average Bonchev–Trinajstić information content (AvgIpc) is 2.41. The summed E-state index contributed by atoms with van der Waals surface area (Å²) >= 11 is 2.17. The van der Waals surface area contributed by atoms with Gasteiger partial charge in [-0.05, 0) is 58.7 Å². The lowest BCUT2D eigenvalue weighted by Crippen LogP contribution is -2.14. The fraction of sp³-hybridized carbons (Fsp3) is 0.294. The van der Waals surface area contributed by atoms with Crippen LogP contribution >= 0.6 is 22.6 Å². The predicted octanol–water partition coefficient (Wildman–Crippen LogP) is 5.63. The Hall–Kier alpha value is -1.10. The molecule has 20 heavy (non-hydrogen) atoms. The van der Waals surface area contributed by atoms with Crippen LogP contribution in [0.1, 0.15) is 31.9 Å². The van der Waals surface area contributed by atoms with E-state index in [4.69, 9.17) is 0 Å². The van der Waals surface area contributed by atoms with Gasteiger partial charge < -0.3 is 5.32 Å². The van der Waals surface area contributed by atoms with Crippen molar-refractivity contribution in [1.29, 1.82) is 0 Å². The molecule has 0 aliphatic rings. The quantitative estimate of drug-likeness (QED) is 0.660. The molecule has 1 unspecified atom stereocenters. The highest BCUT2D eigenvalue weighted by Gasteiger charge is 2.14. The third-order valence-electron chi connectivity index (χ3n) is 3.17. The lowest BCUT2D eigenvalue weighted by atomic mass is 9.97. The van der Waals surface area contributed by atoms with Gasteiger partial charge in [0.15, 0.2) is 0 Å². The maximum atomic E-state index is 13.2. The molecule has 0 aliphatic heterocycles. The van der Waals surface area contributed by atoms with Crippen LogP contribution in [0.5, 0.6) is 0 Å². The van der Waals surface area contributed by atoms with E-state index < -0.39 is 0 Å². The molecule has 1 nitrogen and oxygen atoms in total. The van der Waals surface area contributed by atoms with E-state index in [1.54, 1.807) is 6.07 Å². The highest BCUT2D eigenvalue weighted by atomic mass is 127. The summed E-state index contributed by atoms with van der Waals surface area (Å²) in [4.78, 5) is 0. The van der Waals surface area contributed by atoms with Gasteiger partial charge >= 0.3 is 0 Å². The number of hydrogen-bond acceptors (Lipinski definition) is 1. The molecular weight excluding hydrogens is 364 g/mol. The van der Waals surface area contributed by atoms with Crippen LogP contribution < -0.4 is 5.32 Å².